The number of hydrogen-bond donors (Lipinski definition) is 5. The number of carbonyl (C=O) groups excluding carboxylic acids is 6. The van der Waals surface area contributed by atoms with Crippen LogP contribution in [0.4, 0.5) is 0 Å². The maximum Gasteiger partial charge on any atom is 0.246 e. The molecule has 0 fully saturated rings. The number of carbonyl (C=O) groups is 6. The molecule has 0 unspecified atom stereocenters. The van der Waals surface area contributed by atoms with Gasteiger partial charge in [-0.3, -0.25) is 28.8 Å². The van der Waals surface area contributed by atoms with E-state index in [1.807, 2.05) is 83.1 Å². The van der Waals surface area contributed by atoms with E-state index in [2.05, 4.69) is 21.3 Å². The van der Waals surface area contributed by atoms with E-state index >= 15 is 0 Å². The number of amides is 6. The molecule has 0 saturated heterocycles. The van der Waals surface area contributed by atoms with Crippen molar-refractivity contribution in [3.8, 4) is 5.75 Å². The summed E-state index contributed by atoms with van der Waals surface area (Å²) in [6, 6.07) is 1.53. The molecule has 5 N–H and O–H groups in total. The Labute approximate surface area is 336 Å². The molecule has 6 amide bonds. The number of rotatable bonds is 21. The molecule has 318 valence electrons. The summed E-state index contributed by atoms with van der Waals surface area (Å²) in [6.45, 7) is 22.4. The molecule has 0 aliphatic heterocycles. The lowest BCUT2D eigenvalue weighted by molar-refractivity contribution is -0.155. The molecule has 0 aromatic heterocycles. The van der Waals surface area contributed by atoms with Gasteiger partial charge < -0.3 is 41.1 Å². The van der Waals surface area contributed by atoms with Crippen LogP contribution in [0.15, 0.2) is 24.3 Å². The average molecular weight is 788 g/mol. The van der Waals surface area contributed by atoms with Crippen LogP contribution in [0.3, 0.4) is 0 Å². The van der Waals surface area contributed by atoms with Crippen LogP contribution < -0.4 is 21.3 Å². The highest BCUT2D eigenvalue weighted by atomic mass is 16.3. The lowest BCUT2D eigenvalue weighted by Gasteiger charge is -2.41. The van der Waals surface area contributed by atoms with Crippen molar-refractivity contribution in [2.75, 3.05) is 34.7 Å². The van der Waals surface area contributed by atoms with Gasteiger partial charge in [-0.2, -0.15) is 0 Å². The molecular weight excluding hydrogens is 715 g/mol. The van der Waals surface area contributed by atoms with Crippen LogP contribution in [0.1, 0.15) is 88.6 Å². The fraction of sp³-hybridized carbons (Fsp3) is 0.714. The summed E-state index contributed by atoms with van der Waals surface area (Å²) >= 11 is 0. The smallest absolute Gasteiger partial charge is 0.246 e. The van der Waals surface area contributed by atoms with Crippen molar-refractivity contribution in [1.29, 1.82) is 0 Å². The van der Waals surface area contributed by atoms with Gasteiger partial charge >= 0.3 is 0 Å². The van der Waals surface area contributed by atoms with Gasteiger partial charge in [-0.1, -0.05) is 95.2 Å². The second-order valence-electron chi connectivity index (χ2n) is 17.1. The summed E-state index contributed by atoms with van der Waals surface area (Å²) < 4.78 is 0. The lowest BCUT2D eigenvalue weighted by atomic mass is 9.94. The molecule has 0 radical (unpaired) electrons. The third kappa shape index (κ3) is 13.5. The first-order chi connectivity index (χ1) is 25.9. The van der Waals surface area contributed by atoms with Crippen molar-refractivity contribution in [3.05, 3.63) is 29.8 Å². The Bertz CT molecular complexity index is 1460. The van der Waals surface area contributed by atoms with Crippen molar-refractivity contribution in [3.63, 3.8) is 0 Å². The van der Waals surface area contributed by atoms with Crippen molar-refractivity contribution < 1.29 is 33.9 Å². The maximum atomic E-state index is 14.4. The number of hydrogen-bond acceptors (Lipinski definition) is 8. The van der Waals surface area contributed by atoms with Gasteiger partial charge in [-0.25, -0.2) is 0 Å². The molecule has 0 aliphatic carbocycles. The minimum Gasteiger partial charge on any atom is -0.508 e. The lowest BCUT2D eigenvalue weighted by Crippen LogP contribution is -2.63. The van der Waals surface area contributed by atoms with Gasteiger partial charge in [-0.15, -0.1) is 0 Å². The largest absolute Gasteiger partial charge is 0.508 e. The Morgan fingerprint density at radius 1 is 0.518 bits per heavy atom. The van der Waals surface area contributed by atoms with E-state index in [0.29, 0.717) is 13.0 Å². The molecular formula is C42H73N7O7. The summed E-state index contributed by atoms with van der Waals surface area (Å²) in [5.41, 5.74) is 0.933. The molecule has 6 atom stereocenters. The quantitative estimate of drug-likeness (QED) is 0.126. The fourth-order valence-electron chi connectivity index (χ4n) is 7.17. The number of phenols is 1. The minimum absolute atomic E-state index is 0.0197. The SMILES string of the molecule is CN[C@H](C(=O)N[C@H](C(=O)N(C)[C@H](C(=O)N(C)[C@H](C(=O)N(C)[C@H](C(=O)N[C@H](C(=O)NCCc1ccc(O)cc1)C(C)C)C(C)C)C(C)C)C(C)C)C(C)C)C(C)C. The highest BCUT2D eigenvalue weighted by molar-refractivity contribution is 5.97. The van der Waals surface area contributed by atoms with Crippen molar-refractivity contribution in [1.82, 2.24) is 36.0 Å². The first-order valence-electron chi connectivity index (χ1n) is 20.0. The third-order valence-corrected chi connectivity index (χ3v) is 10.4. The molecule has 14 nitrogen and oxygen atoms in total. The monoisotopic (exact) mass is 788 g/mol. The highest BCUT2D eigenvalue weighted by Gasteiger charge is 2.43. The first-order valence-corrected chi connectivity index (χ1v) is 20.0. The van der Waals surface area contributed by atoms with Gasteiger partial charge in [0.2, 0.25) is 35.4 Å². The van der Waals surface area contributed by atoms with Crippen molar-refractivity contribution in [2.24, 2.45) is 35.5 Å². The normalized spacial score (nSPS) is 15.0. The van der Waals surface area contributed by atoms with Gasteiger partial charge in [-0.05, 0) is 66.7 Å². The zero-order chi connectivity index (χ0) is 43.4. The summed E-state index contributed by atoms with van der Waals surface area (Å²) in [5.74, 6) is -3.95. The molecule has 0 heterocycles. The topological polar surface area (TPSA) is 180 Å². The average Bonchev–Trinajstić information content (AvgIpc) is 3.09. The van der Waals surface area contributed by atoms with Crippen molar-refractivity contribution >= 4 is 35.4 Å². The summed E-state index contributed by atoms with van der Waals surface area (Å²) in [5, 5.41) is 21.2. The Morgan fingerprint density at radius 3 is 1.30 bits per heavy atom. The second kappa shape index (κ2) is 22.5. The Balaban J connectivity index is 3.30. The molecule has 14 heteroatoms. The van der Waals surface area contributed by atoms with Crippen LogP contribution in [0, 0.1) is 35.5 Å². The number of nitrogens with one attached hydrogen (secondary N) is 4. The van der Waals surface area contributed by atoms with Gasteiger partial charge in [0.1, 0.15) is 36.0 Å². The van der Waals surface area contributed by atoms with Gasteiger partial charge in [0.25, 0.3) is 0 Å². The predicted molar refractivity (Wildman–Crippen MR) is 220 cm³/mol. The number of benzene rings is 1. The number of aromatic hydroxyl groups is 1. The van der Waals surface area contributed by atoms with Crippen LogP contribution in [0.2, 0.25) is 0 Å². The molecule has 56 heavy (non-hydrogen) atoms. The Morgan fingerprint density at radius 2 is 0.911 bits per heavy atom. The zero-order valence-electron chi connectivity index (χ0n) is 36.9. The van der Waals surface area contributed by atoms with Gasteiger partial charge in [0.15, 0.2) is 0 Å². The molecule has 0 bridgehead atoms. The maximum absolute atomic E-state index is 14.4. The molecule has 0 spiro atoms. The van der Waals surface area contributed by atoms with Crippen LogP contribution in [-0.2, 0) is 35.2 Å². The van der Waals surface area contributed by atoms with Gasteiger partial charge in [0, 0.05) is 27.7 Å². The fourth-order valence-corrected chi connectivity index (χ4v) is 7.17. The molecule has 1 aromatic rings. The third-order valence-electron chi connectivity index (χ3n) is 10.4. The summed E-state index contributed by atoms with van der Waals surface area (Å²) in [4.78, 5) is 87.4. The van der Waals surface area contributed by atoms with Crippen molar-refractivity contribution in [2.45, 2.75) is 126 Å². The van der Waals surface area contributed by atoms with E-state index < -0.39 is 59.9 Å². The Kier molecular flexibility index (Phi) is 20.0. The van der Waals surface area contributed by atoms with E-state index in [4.69, 9.17) is 0 Å². The van der Waals surface area contributed by atoms with Crippen LogP contribution in [0.25, 0.3) is 0 Å². The van der Waals surface area contributed by atoms with E-state index in [1.54, 1.807) is 38.4 Å². The molecule has 0 saturated carbocycles. The minimum atomic E-state index is -0.988. The molecule has 1 aromatic carbocycles. The van der Waals surface area contributed by atoms with E-state index in [0.717, 1.165) is 5.56 Å². The Hall–Kier alpha value is -4.20. The summed E-state index contributed by atoms with van der Waals surface area (Å²) in [7, 11) is 6.31. The first kappa shape index (κ1) is 49.8. The van der Waals surface area contributed by atoms with Crippen LogP contribution in [0.5, 0.6) is 5.75 Å². The van der Waals surface area contributed by atoms with Crippen LogP contribution in [-0.4, -0.2) is 126 Å². The van der Waals surface area contributed by atoms with E-state index in [1.165, 1.54) is 28.8 Å². The second-order valence-corrected chi connectivity index (χ2v) is 17.1. The number of phenolic OH excluding ortho intramolecular Hbond substituents is 1. The molecule has 0 aliphatic rings. The predicted octanol–water partition coefficient (Wildman–Crippen LogP) is 3.03. The number of likely N-dealkylation sites (N-methyl/N-ethyl adjacent to an activating group) is 4. The number of nitrogens with zero attached hydrogens (tertiary/aromatic N) is 3. The van der Waals surface area contributed by atoms with E-state index in [-0.39, 0.29) is 53.1 Å². The van der Waals surface area contributed by atoms with E-state index in [9.17, 15) is 33.9 Å². The standard InChI is InChI=1S/C42H73N7O7/c1-23(2)31(43-13)38(52)46-33(25(5)6)40(54)48(15)35(27(9)10)42(56)49(16)36(28(11)12)41(55)47(14)34(26(7)8)39(53)45-32(24(3)4)37(51)44-22-21-29-17-19-30(50)20-18-29/h17-20,23-28,31-36,43,50H,21-22H2,1-16H3,(H,44,51)(H,45,53)(H,46,52)/t31-,32-,33-,34-,35-,36-/m0/s1. The van der Waals surface area contributed by atoms with Crippen LogP contribution >= 0.6 is 0 Å². The van der Waals surface area contributed by atoms with Gasteiger partial charge in [0.05, 0.1) is 6.04 Å². The molecule has 1 rings (SSSR count). The zero-order valence-corrected chi connectivity index (χ0v) is 36.9. The highest BCUT2D eigenvalue weighted by Crippen LogP contribution is 2.23. The summed E-state index contributed by atoms with van der Waals surface area (Å²) in [6.07, 6.45) is 0.533.